The number of aromatic nitrogens is 1. The van der Waals surface area contributed by atoms with E-state index in [1.165, 1.54) is 0 Å². The van der Waals surface area contributed by atoms with Gasteiger partial charge < -0.3 is 19.8 Å². The Morgan fingerprint density at radius 1 is 1.11 bits per heavy atom. The Bertz CT molecular complexity index is 1070. The van der Waals surface area contributed by atoms with Crippen LogP contribution in [0.4, 0.5) is 0 Å². The van der Waals surface area contributed by atoms with Crippen molar-refractivity contribution >= 4 is 16.8 Å². The van der Waals surface area contributed by atoms with Gasteiger partial charge in [-0.2, -0.15) is 0 Å². The maximum Gasteiger partial charge on any atom is 0.251 e. The van der Waals surface area contributed by atoms with E-state index in [1.54, 1.807) is 12.1 Å². The molecule has 2 heterocycles. The van der Waals surface area contributed by atoms with Crippen molar-refractivity contribution in [2.45, 2.75) is 13.3 Å². The van der Waals surface area contributed by atoms with E-state index >= 15 is 0 Å². The van der Waals surface area contributed by atoms with Gasteiger partial charge in [-0.1, -0.05) is 17.7 Å². The number of H-pyrrole nitrogens is 1. The van der Waals surface area contributed by atoms with Crippen molar-refractivity contribution in [3.63, 3.8) is 0 Å². The van der Waals surface area contributed by atoms with Crippen molar-refractivity contribution < 1.29 is 14.3 Å². The Hall–Kier alpha value is -3.28. The molecule has 0 bridgehead atoms. The third-order valence-electron chi connectivity index (χ3n) is 4.54. The second-order valence-corrected chi connectivity index (χ2v) is 6.58. The summed E-state index contributed by atoms with van der Waals surface area (Å²) in [6.07, 6.45) is 0.442. The first-order valence-corrected chi connectivity index (χ1v) is 8.90. The van der Waals surface area contributed by atoms with Crippen molar-refractivity contribution in [3.05, 3.63) is 69.5 Å². The molecule has 0 saturated carbocycles. The van der Waals surface area contributed by atoms with Gasteiger partial charge in [0.15, 0.2) is 11.5 Å². The van der Waals surface area contributed by atoms with Crippen molar-refractivity contribution in [2.24, 2.45) is 0 Å². The molecule has 0 spiro atoms. The summed E-state index contributed by atoms with van der Waals surface area (Å²) in [7, 11) is 0. The molecule has 6 heteroatoms. The average Bonchev–Trinajstić information content (AvgIpc) is 2.67. The number of aromatic amines is 1. The minimum atomic E-state index is -0.163. The van der Waals surface area contributed by atoms with E-state index in [1.807, 2.05) is 37.3 Å². The second kappa shape index (κ2) is 7.15. The minimum absolute atomic E-state index is 0.143. The largest absolute Gasteiger partial charge is 0.486 e. The van der Waals surface area contributed by atoms with Gasteiger partial charge >= 0.3 is 0 Å². The minimum Gasteiger partial charge on any atom is -0.486 e. The fourth-order valence-electron chi connectivity index (χ4n) is 3.17. The first kappa shape index (κ1) is 17.1. The molecule has 4 rings (SSSR count). The van der Waals surface area contributed by atoms with Crippen LogP contribution in [0.2, 0.25) is 0 Å². The van der Waals surface area contributed by atoms with Crippen LogP contribution >= 0.6 is 0 Å². The zero-order valence-electron chi connectivity index (χ0n) is 15.0. The van der Waals surface area contributed by atoms with Gasteiger partial charge in [-0.15, -0.1) is 0 Å². The number of nitrogens with one attached hydrogen (secondary N) is 2. The number of carbonyl (C=O) groups is 1. The molecule has 1 aliphatic heterocycles. The fraction of sp³-hybridized carbons (Fsp3) is 0.238. The summed E-state index contributed by atoms with van der Waals surface area (Å²) in [5.74, 6) is 1.18. The van der Waals surface area contributed by atoms with Crippen molar-refractivity contribution in [1.29, 1.82) is 0 Å². The highest BCUT2D eigenvalue weighted by molar-refractivity contribution is 5.94. The molecule has 3 aromatic rings. The maximum absolute atomic E-state index is 12.4. The van der Waals surface area contributed by atoms with Gasteiger partial charge in [-0.25, -0.2) is 0 Å². The molecule has 0 saturated heterocycles. The highest BCUT2D eigenvalue weighted by atomic mass is 16.6. The summed E-state index contributed by atoms with van der Waals surface area (Å²) in [6.45, 7) is 3.34. The Balaban J connectivity index is 1.49. The molecule has 27 heavy (non-hydrogen) atoms. The lowest BCUT2D eigenvalue weighted by Crippen LogP contribution is -2.27. The topological polar surface area (TPSA) is 80.4 Å². The summed E-state index contributed by atoms with van der Waals surface area (Å²) in [4.78, 5) is 27.5. The Morgan fingerprint density at radius 2 is 1.89 bits per heavy atom. The molecular weight excluding hydrogens is 344 g/mol. The van der Waals surface area contributed by atoms with Crippen molar-refractivity contribution in [2.75, 3.05) is 19.8 Å². The first-order chi connectivity index (χ1) is 13.1. The van der Waals surface area contributed by atoms with Crippen LogP contribution in [-0.2, 0) is 6.42 Å². The Morgan fingerprint density at radius 3 is 2.67 bits per heavy atom. The highest BCUT2D eigenvalue weighted by Crippen LogP contribution is 2.33. The predicted molar refractivity (Wildman–Crippen MR) is 103 cm³/mol. The molecule has 2 N–H and O–H groups in total. The SMILES string of the molecule is Cc1cccc(C(=O)NCCc2cc3cc4c(cc3[nH]c2=O)OCCO4)c1. The number of hydrogen-bond donors (Lipinski definition) is 2. The average molecular weight is 364 g/mol. The van der Waals surface area contributed by atoms with E-state index in [2.05, 4.69) is 10.3 Å². The molecule has 1 aliphatic rings. The van der Waals surface area contributed by atoms with Crippen LogP contribution in [0, 0.1) is 6.92 Å². The molecule has 138 valence electrons. The molecule has 2 aromatic carbocycles. The lowest BCUT2D eigenvalue weighted by molar-refractivity contribution is 0.0954. The van der Waals surface area contributed by atoms with Crippen molar-refractivity contribution in [3.8, 4) is 11.5 Å². The van der Waals surface area contributed by atoms with Crippen LogP contribution in [0.3, 0.4) is 0 Å². The van der Waals surface area contributed by atoms with E-state index < -0.39 is 0 Å². The molecule has 0 radical (unpaired) electrons. The number of rotatable bonds is 4. The second-order valence-electron chi connectivity index (χ2n) is 6.58. The molecule has 0 aliphatic carbocycles. The summed E-state index contributed by atoms with van der Waals surface area (Å²) in [5.41, 5.74) is 2.80. The van der Waals surface area contributed by atoms with Gasteiger partial charge in [0, 0.05) is 29.1 Å². The molecule has 0 unspecified atom stereocenters. The lowest BCUT2D eigenvalue weighted by atomic mass is 10.1. The molecular formula is C21H20N2O4. The van der Waals surface area contributed by atoms with Crippen LogP contribution in [0.1, 0.15) is 21.5 Å². The third kappa shape index (κ3) is 3.65. The number of ether oxygens (including phenoxy) is 2. The van der Waals surface area contributed by atoms with Gasteiger partial charge in [0.2, 0.25) is 0 Å². The van der Waals surface area contributed by atoms with Gasteiger partial charge in [0.25, 0.3) is 11.5 Å². The summed E-state index contributed by atoms with van der Waals surface area (Å²) < 4.78 is 11.1. The molecule has 0 atom stereocenters. The number of amides is 1. The van der Waals surface area contributed by atoms with Gasteiger partial charge in [0.05, 0.1) is 5.52 Å². The fourth-order valence-corrected chi connectivity index (χ4v) is 3.17. The number of benzene rings is 2. The van der Waals surface area contributed by atoms with Crippen LogP contribution in [0.15, 0.2) is 47.3 Å². The molecule has 1 aromatic heterocycles. The first-order valence-electron chi connectivity index (χ1n) is 8.90. The van der Waals surface area contributed by atoms with E-state index in [0.29, 0.717) is 54.3 Å². The van der Waals surface area contributed by atoms with Crippen molar-refractivity contribution in [1.82, 2.24) is 10.3 Å². The lowest BCUT2D eigenvalue weighted by Gasteiger charge is -2.18. The number of pyridine rings is 1. The monoisotopic (exact) mass is 364 g/mol. The molecule has 6 nitrogen and oxygen atoms in total. The predicted octanol–water partition coefficient (Wildman–Crippen LogP) is 2.58. The summed E-state index contributed by atoms with van der Waals surface area (Å²) in [5, 5.41) is 3.74. The molecule has 1 amide bonds. The third-order valence-corrected chi connectivity index (χ3v) is 4.54. The van der Waals surface area contributed by atoms with Gasteiger partial charge in [0.1, 0.15) is 13.2 Å². The number of hydrogen-bond acceptors (Lipinski definition) is 4. The van der Waals surface area contributed by atoms with Crippen LogP contribution < -0.4 is 20.3 Å². The number of fused-ring (bicyclic) bond motifs is 2. The zero-order valence-corrected chi connectivity index (χ0v) is 15.0. The standard InChI is InChI=1S/C21H20N2O4/c1-13-3-2-4-14(9-13)20(24)22-6-5-15-10-16-11-18-19(27-8-7-26-18)12-17(16)23-21(15)25/h2-4,9-12H,5-8H2,1H3,(H,22,24)(H,23,25). The normalized spacial score (nSPS) is 12.8. The van der Waals surface area contributed by atoms with Gasteiger partial charge in [-0.05, 0) is 37.6 Å². The zero-order chi connectivity index (χ0) is 18.8. The van der Waals surface area contributed by atoms with Crippen LogP contribution in [0.25, 0.3) is 10.9 Å². The van der Waals surface area contributed by atoms with Crippen LogP contribution in [0.5, 0.6) is 11.5 Å². The smallest absolute Gasteiger partial charge is 0.251 e. The van der Waals surface area contributed by atoms with E-state index in [-0.39, 0.29) is 11.5 Å². The summed E-state index contributed by atoms with van der Waals surface area (Å²) in [6, 6.07) is 12.9. The summed E-state index contributed by atoms with van der Waals surface area (Å²) >= 11 is 0. The number of aryl methyl sites for hydroxylation is 1. The van der Waals surface area contributed by atoms with E-state index in [4.69, 9.17) is 9.47 Å². The van der Waals surface area contributed by atoms with Crippen LogP contribution in [-0.4, -0.2) is 30.6 Å². The highest BCUT2D eigenvalue weighted by Gasteiger charge is 2.14. The van der Waals surface area contributed by atoms with E-state index in [9.17, 15) is 9.59 Å². The quantitative estimate of drug-likeness (QED) is 0.746. The Kier molecular flexibility index (Phi) is 4.54. The number of carbonyl (C=O) groups excluding carboxylic acids is 1. The Labute approximate surface area is 156 Å². The van der Waals surface area contributed by atoms with Gasteiger partial charge in [-0.3, -0.25) is 9.59 Å². The van der Waals surface area contributed by atoms with E-state index in [0.717, 1.165) is 10.9 Å². The maximum atomic E-state index is 12.4. The molecule has 0 fully saturated rings.